The van der Waals surface area contributed by atoms with Crippen molar-refractivity contribution in [3.8, 4) is 11.4 Å². The van der Waals surface area contributed by atoms with Crippen LogP contribution in [0.1, 0.15) is 31.4 Å². The summed E-state index contributed by atoms with van der Waals surface area (Å²) in [6.45, 7) is 4.52. The van der Waals surface area contributed by atoms with Crippen LogP contribution in [-0.4, -0.2) is 47.5 Å². The minimum Gasteiger partial charge on any atom is -0.494 e. The second kappa shape index (κ2) is 8.89. The Labute approximate surface area is 162 Å². The van der Waals surface area contributed by atoms with E-state index in [0.717, 1.165) is 29.9 Å². The van der Waals surface area contributed by atoms with Crippen LogP contribution < -0.4 is 10.1 Å². The van der Waals surface area contributed by atoms with E-state index in [1.807, 2.05) is 29.1 Å². The third-order valence-electron chi connectivity index (χ3n) is 5.72. The fourth-order valence-electron chi connectivity index (χ4n) is 4.33. The van der Waals surface area contributed by atoms with Crippen LogP contribution in [0.3, 0.4) is 0 Å². The van der Waals surface area contributed by atoms with Crippen molar-refractivity contribution in [2.75, 3.05) is 26.7 Å². The number of nitrogens with one attached hydrogen (secondary N) is 1. The number of halogens is 1. The molecule has 3 heterocycles. The lowest BCUT2D eigenvalue weighted by atomic mass is 9.88. The summed E-state index contributed by atoms with van der Waals surface area (Å²) in [4.78, 5) is 2.56. The van der Waals surface area contributed by atoms with Gasteiger partial charge in [-0.15, -0.1) is 12.4 Å². The maximum absolute atomic E-state index is 5.50. The maximum Gasteiger partial charge on any atom is 0.144 e. The van der Waals surface area contributed by atoms with Gasteiger partial charge in [-0.05, 0) is 69.4 Å². The molecule has 142 valence electrons. The summed E-state index contributed by atoms with van der Waals surface area (Å²) in [6, 6.07) is 11.0. The van der Waals surface area contributed by atoms with E-state index >= 15 is 0 Å². The average Bonchev–Trinajstić information content (AvgIpc) is 3.34. The van der Waals surface area contributed by atoms with Crippen molar-refractivity contribution in [3.63, 3.8) is 0 Å². The summed E-state index contributed by atoms with van der Waals surface area (Å²) < 4.78 is 7.52. The van der Waals surface area contributed by atoms with E-state index in [1.54, 1.807) is 7.11 Å². The van der Waals surface area contributed by atoms with Crippen LogP contribution in [0.5, 0.6) is 5.75 Å². The highest BCUT2D eigenvalue weighted by Crippen LogP contribution is 2.27. The minimum absolute atomic E-state index is 0. The van der Waals surface area contributed by atoms with Crippen LogP contribution in [-0.2, 0) is 6.54 Å². The molecule has 1 N–H and O–H groups in total. The number of hydrogen-bond acceptors (Lipinski definition) is 4. The molecule has 0 amide bonds. The Morgan fingerprint density at radius 2 is 1.96 bits per heavy atom. The standard InChI is InChI=1S/C20H28N4O.ClH/c1-25-20-7-3-2-6-19(20)24-17(8-12-22-24)15-23-13-9-16(10-14-23)18-5-4-11-21-18;/h2-3,6-8,12,16,18,21H,4-5,9-11,13-15H2,1H3;1H. The van der Waals surface area contributed by atoms with E-state index in [9.17, 15) is 0 Å². The zero-order valence-electron chi connectivity index (χ0n) is 15.4. The molecule has 1 aromatic carbocycles. The van der Waals surface area contributed by atoms with Gasteiger partial charge in [0.2, 0.25) is 0 Å². The summed E-state index contributed by atoms with van der Waals surface area (Å²) in [5.74, 6) is 1.72. The normalized spacial score (nSPS) is 21.5. The number of benzene rings is 1. The molecule has 2 fully saturated rings. The summed E-state index contributed by atoms with van der Waals surface area (Å²) in [7, 11) is 1.71. The fraction of sp³-hybridized carbons (Fsp3) is 0.550. The van der Waals surface area contributed by atoms with Gasteiger partial charge >= 0.3 is 0 Å². The molecule has 5 nitrogen and oxygen atoms in total. The van der Waals surface area contributed by atoms with Gasteiger partial charge in [-0.25, -0.2) is 4.68 Å². The molecule has 0 saturated carbocycles. The fourth-order valence-corrected chi connectivity index (χ4v) is 4.33. The Bertz CT molecular complexity index is 691. The predicted octanol–water partition coefficient (Wildman–Crippen LogP) is 3.27. The SMILES string of the molecule is COc1ccccc1-n1nccc1CN1CCC(C2CCCN2)CC1.Cl. The highest BCUT2D eigenvalue weighted by atomic mass is 35.5. The first-order valence-corrected chi connectivity index (χ1v) is 9.47. The van der Waals surface area contributed by atoms with Gasteiger partial charge in [0, 0.05) is 18.8 Å². The lowest BCUT2D eigenvalue weighted by Gasteiger charge is -2.34. The molecule has 6 heteroatoms. The molecular formula is C20H29ClN4O. The van der Waals surface area contributed by atoms with Gasteiger partial charge in [0.05, 0.1) is 12.8 Å². The van der Waals surface area contributed by atoms with E-state index in [2.05, 4.69) is 27.4 Å². The number of methoxy groups -OCH3 is 1. The number of ether oxygens (including phenoxy) is 1. The van der Waals surface area contributed by atoms with E-state index in [0.29, 0.717) is 0 Å². The monoisotopic (exact) mass is 376 g/mol. The largest absolute Gasteiger partial charge is 0.494 e. The second-order valence-electron chi connectivity index (χ2n) is 7.22. The molecule has 1 atom stereocenters. The molecule has 4 rings (SSSR count). The van der Waals surface area contributed by atoms with Crippen molar-refractivity contribution in [2.45, 2.75) is 38.3 Å². The van der Waals surface area contributed by atoms with Crippen molar-refractivity contribution in [1.29, 1.82) is 0 Å². The third-order valence-corrected chi connectivity index (χ3v) is 5.72. The van der Waals surface area contributed by atoms with Crippen LogP contribution in [0.4, 0.5) is 0 Å². The zero-order valence-corrected chi connectivity index (χ0v) is 16.3. The van der Waals surface area contributed by atoms with Crippen molar-refractivity contribution in [1.82, 2.24) is 20.0 Å². The maximum atomic E-state index is 5.50. The molecule has 26 heavy (non-hydrogen) atoms. The molecule has 0 spiro atoms. The van der Waals surface area contributed by atoms with Crippen molar-refractivity contribution in [3.05, 3.63) is 42.2 Å². The molecule has 2 aliphatic rings. The third kappa shape index (κ3) is 4.05. The van der Waals surface area contributed by atoms with Crippen LogP contribution in [0, 0.1) is 5.92 Å². The van der Waals surface area contributed by atoms with Gasteiger partial charge in [0.1, 0.15) is 11.4 Å². The second-order valence-corrected chi connectivity index (χ2v) is 7.22. The van der Waals surface area contributed by atoms with Gasteiger partial charge in [-0.2, -0.15) is 5.10 Å². The first-order chi connectivity index (χ1) is 12.3. The summed E-state index contributed by atoms with van der Waals surface area (Å²) >= 11 is 0. The van der Waals surface area contributed by atoms with Gasteiger partial charge in [0.25, 0.3) is 0 Å². The quantitative estimate of drug-likeness (QED) is 0.869. The molecule has 0 radical (unpaired) electrons. The van der Waals surface area contributed by atoms with Gasteiger partial charge < -0.3 is 10.1 Å². The number of hydrogen-bond donors (Lipinski definition) is 1. The average molecular weight is 377 g/mol. The predicted molar refractivity (Wildman–Crippen MR) is 106 cm³/mol. The Kier molecular flexibility index (Phi) is 6.57. The summed E-state index contributed by atoms with van der Waals surface area (Å²) in [6.07, 6.45) is 7.21. The van der Waals surface area contributed by atoms with Crippen molar-refractivity contribution < 1.29 is 4.74 Å². The highest BCUT2D eigenvalue weighted by molar-refractivity contribution is 5.85. The Hall–Kier alpha value is -1.56. The molecule has 2 aliphatic heterocycles. The number of rotatable bonds is 5. The summed E-state index contributed by atoms with van der Waals surface area (Å²) in [5, 5.41) is 8.22. The molecule has 0 aliphatic carbocycles. The minimum atomic E-state index is 0. The number of likely N-dealkylation sites (tertiary alicyclic amines) is 1. The summed E-state index contributed by atoms with van der Waals surface area (Å²) in [5.41, 5.74) is 2.23. The lowest BCUT2D eigenvalue weighted by molar-refractivity contribution is 0.155. The van der Waals surface area contributed by atoms with Crippen LogP contribution in [0.15, 0.2) is 36.5 Å². The topological polar surface area (TPSA) is 42.3 Å². The number of aromatic nitrogens is 2. The number of para-hydroxylation sites is 2. The van der Waals surface area contributed by atoms with Gasteiger partial charge in [-0.1, -0.05) is 12.1 Å². The number of nitrogens with zero attached hydrogens (tertiary/aromatic N) is 3. The Balaban J connectivity index is 0.00000196. The van der Waals surface area contributed by atoms with E-state index < -0.39 is 0 Å². The molecule has 2 saturated heterocycles. The van der Waals surface area contributed by atoms with E-state index in [1.165, 1.54) is 51.0 Å². The lowest BCUT2D eigenvalue weighted by Crippen LogP contribution is -2.40. The van der Waals surface area contributed by atoms with E-state index in [-0.39, 0.29) is 12.4 Å². The molecule has 2 aromatic rings. The number of piperidine rings is 1. The van der Waals surface area contributed by atoms with Crippen LogP contribution in [0.25, 0.3) is 5.69 Å². The van der Waals surface area contributed by atoms with Gasteiger partial charge in [0.15, 0.2) is 0 Å². The Morgan fingerprint density at radius 1 is 1.15 bits per heavy atom. The van der Waals surface area contributed by atoms with Crippen LogP contribution >= 0.6 is 12.4 Å². The van der Waals surface area contributed by atoms with E-state index in [4.69, 9.17) is 4.74 Å². The Morgan fingerprint density at radius 3 is 2.69 bits per heavy atom. The highest BCUT2D eigenvalue weighted by Gasteiger charge is 2.28. The van der Waals surface area contributed by atoms with Crippen LogP contribution in [0.2, 0.25) is 0 Å². The molecule has 1 aromatic heterocycles. The smallest absolute Gasteiger partial charge is 0.144 e. The van der Waals surface area contributed by atoms with Gasteiger partial charge in [-0.3, -0.25) is 4.90 Å². The first kappa shape index (κ1) is 19.2. The zero-order chi connectivity index (χ0) is 17.1. The van der Waals surface area contributed by atoms with Crippen molar-refractivity contribution >= 4 is 12.4 Å². The molecule has 1 unspecified atom stereocenters. The molecule has 0 bridgehead atoms. The molecular weight excluding hydrogens is 348 g/mol. The van der Waals surface area contributed by atoms with Crippen molar-refractivity contribution in [2.24, 2.45) is 5.92 Å². The first-order valence-electron chi connectivity index (χ1n) is 9.47.